The Balaban J connectivity index is 1.47. The third-order valence-corrected chi connectivity index (χ3v) is 5.03. The maximum atomic E-state index is 12.9. The Morgan fingerprint density at radius 1 is 1.03 bits per heavy atom. The Kier molecular flexibility index (Phi) is 5.54. The van der Waals surface area contributed by atoms with Gasteiger partial charge in [-0.1, -0.05) is 24.3 Å². The van der Waals surface area contributed by atoms with Gasteiger partial charge in [0, 0.05) is 40.7 Å². The van der Waals surface area contributed by atoms with Crippen molar-refractivity contribution in [1.82, 2.24) is 9.97 Å². The number of carbonyl (C=O) groups excluding carboxylic acids is 1. The highest BCUT2D eigenvalue weighted by atomic mass is 32.1. The summed E-state index contributed by atoms with van der Waals surface area (Å²) in [5, 5.41) is 5.72. The van der Waals surface area contributed by atoms with Gasteiger partial charge in [-0.2, -0.15) is 0 Å². The first-order valence-corrected chi connectivity index (χ1v) is 9.76. The fraction of sp³-hybridized carbons (Fsp3) is 0. The molecule has 0 saturated heterocycles. The van der Waals surface area contributed by atoms with Crippen LogP contribution in [0.4, 0.5) is 10.1 Å². The predicted octanol–water partition coefficient (Wildman–Crippen LogP) is 5.66. The van der Waals surface area contributed by atoms with Gasteiger partial charge in [0.25, 0.3) is 0 Å². The van der Waals surface area contributed by atoms with Crippen LogP contribution >= 0.6 is 11.3 Å². The fourth-order valence-corrected chi connectivity index (χ4v) is 3.53. The Morgan fingerprint density at radius 2 is 1.86 bits per heavy atom. The molecule has 0 unspecified atom stereocenters. The van der Waals surface area contributed by atoms with E-state index in [2.05, 4.69) is 15.3 Å². The number of anilines is 1. The largest absolute Gasteiger partial charge is 0.322 e. The average Bonchev–Trinajstić information content (AvgIpc) is 3.25. The number of amides is 1. The molecule has 4 rings (SSSR count). The third-order valence-electron chi connectivity index (χ3n) is 4.14. The Labute approximate surface area is 171 Å². The zero-order valence-electron chi connectivity index (χ0n) is 15.2. The van der Waals surface area contributed by atoms with E-state index in [1.54, 1.807) is 41.9 Å². The van der Waals surface area contributed by atoms with Crippen LogP contribution in [0.5, 0.6) is 0 Å². The highest BCUT2D eigenvalue weighted by Gasteiger charge is 2.08. The van der Waals surface area contributed by atoms with Crippen LogP contribution in [0.1, 0.15) is 5.56 Å². The second-order valence-corrected chi connectivity index (χ2v) is 7.09. The van der Waals surface area contributed by atoms with Gasteiger partial charge in [-0.15, -0.1) is 11.3 Å². The number of benzene rings is 2. The van der Waals surface area contributed by atoms with Gasteiger partial charge in [-0.3, -0.25) is 9.78 Å². The molecule has 4 nitrogen and oxygen atoms in total. The number of rotatable bonds is 5. The molecule has 0 saturated carbocycles. The zero-order valence-corrected chi connectivity index (χ0v) is 16.1. The van der Waals surface area contributed by atoms with Gasteiger partial charge >= 0.3 is 0 Å². The standard InChI is InChI=1S/C23H16FN3OS/c24-19-9-6-16(7-10-19)8-11-22(28)26-20-5-1-3-17(13-20)21-15-29-23(27-21)18-4-2-12-25-14-18/h1-15H,(H,26,28)/b11-8+. The van der Waals surface area contributed by atoms with Gasteiger partial charge in [0.05, 0.1) is 5.69 Å². The zero-order chi connectivity index (χ0) is 20.1. The first-order valence-electron chi connectivity index (χ1n) is 8.88. The van der Waals surface area contributed by atoms with Gasteiger partial charge in [0.2, 0.25) is 5.91 Å². The van der Waals surface area contributed by atoms with Crippen molar-refractivity contribution in [2.75, 3.05) is 5.32 Å². The van der Waals surface area contributed by atoms with Crippen molar-refractivity contribution in [3.63, 3.8) is 0 Å². The molecule has 0 radical (unpaired) electrons. The number of nitrogens with one attached hydrogen (secondary N) is 1. The molecule has 2 aromatic heterocycles. The summed E-state index contributed by atoms with van der Waals surface area (Å²) in [6.07, 6.45) is 6.57. The summed E-state index contributed by atoms with van der Waals surface area (Å²) in [6, 6.07) is 17.3. The van der Waals surface area contributed by atoms with Crippen molar-refractivity contribution in [1.29, 1.82) is 0 Å². The Morgan fingerprint density at radius 3 is 2.66 bits per heavy atom. The third kappa shape index (κ3) is 4.80. The van der Waals surface area contributed by atoms with Crippen LogP contribution in [-0.2, 0) is 4.79 Å². The molecular weight excluding hydrogens is 385 g/mol. The molecule has 0 aliphatic rings. The summed E-state index contributed by atoms with van der Waals surface area (Å²) in [5.74, 6) is -0.571. The van der Waals surface area contributed by atoms with E-state index in [4.69, 9.17) is 0 Å². The average molecular weight is 401 g/mol. The lowest BCUT2D eigenvalue weighted by atomic mass is 10.1. The van der Waals surface area contributed by atoms with Crippen LogP contribution in [0, 0.1) is 5.82 Å². The fourth-order valence-electron chi connectivity index (χ4n) is 2.71. The van der Waals surface area contributed by atoms with Crippen LogP contribution < -0.4 is 5.32 Å². The SMILES string of the molecule is O=C(/C=C/c1ccc(F)cc1)Nc1cccc(-c2csc(-c3cccnc3)n2)c1. The van der Waals surface area contributed by atoms with E-state index in [0.717, 1.165) is 27.4 Å². The van der Waals surface area contributed by atoms with Gasteiger partial charge in [-0.05, 0) is 48.0 Å². The maximum Gasteiger partial charge on any atom is 0.248 e. The molecule has 1 N–H and O–H groups in total. The number of hydrogen-bond donors (Lipinski definition) is 1. The van der Waals surface area contributed by atoms with Gasteiger partial charge < -0.3 is 5.32 Å². The van der Waals surface area contributed by atoms with E-state index in [-0.39, 0.29) is 11.7 Å². The molecule has 6 heteroatoms. The monoisotopic (exact) mass is 401 g/mol. The molecule has 4 aromatic rings. The number of halogens is 1. The highest BCUT2D eigenvalue weighted by molar-refractivity contribution is 7.13. The first-order chi connectivity index (χ1) is 14.2. The number of hydrogen-bond acceptors (Lipinski definition) is 4. The van der Waals surface area contributed by atoms with Gasteiger partial charge in [0.15, 0.2) is 0 Å². The minimum absolute atomic E-state index is 0.263. The van der Waals surface area contributed by atoms with E-state index in [9.17, 15) is 9.18 Å². The van der Waals surface area contributed by atoms with E-state index < -0.39 is 0 Å². The number of thiazole rings is 1. The number of nitrogens with zero attached hydrogens (tertiary/aromatic N) is 2. The summed E-state index contributed by atoms with van der Waals surface area (Å²) < 4.78 is 12.9. The molecule has 29 heavy (non-hydrogen) atoms. The van der Waals surface area contributed by atoms with Crippen LogP contribution in [0.25, 0.3) is 27.9 Å². The van der Waals surface area contributed by atoms with Crippen LogP contribution in [0.2, 0.25) is 0 Å². The van der Waals surface area contributed by atoms with Crippen LogP contribution in [0.15, 0.2) is 84.5 Å². The van der Waals surface area contributed by atoms with Crippen molar-refractivity contribution < 1.29 is 9.18 Å². The molecule has 2 aromatic carbocycles. The quantitative estimate of drug-likeness (QED) is 0.439. The highest BCUT2D eigenvalue weighted by Crippen LogP contribution is 2.29. The maximum absolute atomic E-state index is 12.9. The number of aromatic nitrogens is 2. The molecule has 0 bridgehead atoms. The van der Waals surface area contributed by atoms with E-state index in [0.29, 0.717) is 5.69 Å². The lowest BCUT2D eigenvalue weighted by Gasteiger charge is -2.04. The molecule has 142 valence electrons. The van der Waals surface area contributed by atoms with Gasteiger partial charge in [0.1, 0.15) is 10.8 Å². The molecule has 1 amide bonds. The second kappa shape index (κ2) is 8.58. The molecule has 0 aliphatic heterocycles. The Hall–Kier alpha value is -3.64. The van der Waals surface area contributed by atoms with Crippen molar-refractivity contribution in [3.05, 3.63) is 95.9 Å². The van der Waals surface area contributed by atoms with Crippen LogP contribution in [0.3, 0.4) is 0 Å². The summed E-state index contributed by atoms with van der Waals surface area (Å²) in [6.45, 7) is 0. The summed E-state index contributed by atoms with van der Waals surface area (Å²) >= 11 is 1.55. The van der Waals surface area contributed by atoms with Crippen molar-refractivity contribution >= 4 is 29.0 Å². The molecule has 0 aliphatic carbocycles. The molecule has 2 heterocycles. The predicted molar refractivity (Wildman–Crippen MR) is 115 cm³/mol. The lowest BCUT2D eigenvalue weighted by Crippen LogP contribution is -2.07. The van der Waals surface area contributed by atoms with E-state index in [1.807, 2.05) is 41.8 Å². The molecule has 0 spiro atoms. The molecular formula is C23H16FN3OS. The molecule has 0 atom stereocenters. The van der Waals surface area contributed by atoms with Crippen molar-refractivity contribution in [3.8, 4) is 21.8 Å². The first kappa shape index (κ1) is 18.7. The second-order valence-electron chi connectivity index (χ2n) is 6.23. The van der Waals surface area contributed by atoms with E-state index in [1.165, 1.54) is 18.2 Å². The topological polar surface area (TPSA) is 54.9 Å². The number of pyridine rings is 1. The summed E-state index contributed by atoms with van der Waals surface area (Å²) in [5.41, 5.74) is 4.15. The summed E-state index contributed by atoms with van der Waals surface area (Å²) in [4.78, 5) is 21.0. The summed E-state index contributed by atoms with van der Waals surface area (Å²) in [7, 11) is 0. The minimum atomic E-state index is -0.308. The van der Waals surface area contributed by atoms with Crippen molar-refractivity contribution in [2.45, 2.75) is 0 Å². The lowest BCUT2D eigenvalue weighted by molar-refractivity contribution is -0.111. The van der Waals surface area contributed by atoms with Gasteiger partial charge in [-0.25, -0.2) is 9.37 Å². The smallest absolute Gasteiger partial charge is 0.248 e. The Bertz CT molecular complexity index is 1150. The van der Waals surface area contributed by atoms with Crippen LogP contribution in [-0.4, -0.2) is 15.9 Å². The van der Waals surface area contributed by atoms with Crippen molar-refractivity contribution in [2.24, 2.45) is 0 Å². The van der Waals surface area contributed by atoms with E-state index >= 15 is 0 Å². The molecule has 0 fully saturated rings. The normalized spacial score (nSPS) is 10.9. The number of carbonyl (C=O) groups is 1. The minimum Gasteiger partial charge on any atom is -0.322 e.